The predicted octanol–water partition coefficient (Wildman–Crippen LogP) is 1.20. The molecule has 0 bridgehead atoms. The van der Waals surface area contributed by atoms with Crippen LogP contribution in [0, 0.1) is 0 Å². The van der Waals surface area contributed by atoms with Crippen molar-refractivity contribution in [3.05, 3.63) is 24.3 Å². The molecule has 1 rings (SSSR count). The zero-order valence-electron chi connectivity index (χ0n) is 15.5. The van der Waals surface area contributed by atoms with Crippen LogP contribution < -0.4 is 10.0 Å². The Labute approximate surface area is 158 Å². The fourth-order valence-electron chi connectivity index (χ4n) is 2.14. The standard InChI is InChI=1S/C17H24N2O7S/c1-4-25-16(21)11-10-15(17(22)26-5-2)19-27(23,24)14-8-6-13(7-9-14)18-12(3)20/h6-9,15,19H,4-5,10-11H2,1-3H3,(H,18,20)/t15-/m0/s1. The van der Waals surface area contributed by atoms with Gasteiger partial charge in [0.2, 0.25) is 15.9 Å². The third-order valence-corrected chi connectivity index (χ3v) is 4.78. The van der Waals surface area contributed by atoms with Crippen molar-refractivity contribution < 1.29 is 32.3 Å². The first kappa shape index (κ1) is 22.6. The Kier molecular flexibility index (Phi) is 8.89. The van der Waals surface area contributed by atoms with E-state index >= 15 is 0 Å². The molecule has 2 N–H and O–H groups in total. The van der Waals surface area contributed by atoms with Crippen molar-refractivity contribution in [2.45, 2.75) is 44.6 Å². The molecule has 0 aliphatic carbocycles. The van der Waals surface area contributed by atoms with E-state index in [9.17, 15) is 22.8 Å². The lowest BCUT2D eigenvalue weighted by molar-refractivity contribution is -0.146. The summed E-state index contributed by atoms with van der Waals surface area (Å²) in [6.45, 7) is 4.83. The highest BCUT2D eigenvalue weighted by molar-refractivity contribution is 7.89. The molecule has 0 aliphatic heterocycles. The van der Waals surface area contributed by atoms with Crippen LogP contribution >= 0.6 is 0 Å². The second-order valence-electron chi connectivity index (χ2n) is 5.48. The molecule has 0 radical (unpaired) electrons. The lowest BCUT2D eigenvalue weighted by Crippen LogP contribution is -2.42. The molecule has 0 fully saturated rings. The molecule has 10 heteroatoms. The first-order chi connectivity index (χ1) is 12.7. The minimum atomic E-state index is -4.04. The number of nitrogens with one attached hydrogen (secondary N) is 2. The van der Waals surface area contributed by atoms with Crippen molar-refractivity contribution in [3.8, 4) is 0 Å². The summed E-state index contributed by atoms with van der Waals surface area (Å²) in [5.74, 6) is -1.60. The number of hydrogen-bond donors (Lipinski definition) is 2. The number of ether oxygens (including phenoxy) is 2. The number of rotatable bonds is 10. The minimum Gasteiger partial charge on any atom is -0.466 e. The number of carbonyl (C=O) groups is 3. The largest absolute Gasteiger partial charge is 0.466 e. The van der Waals surface area contributed by atoms with Gasteiger partial charge >= 0.3 is 11.9 Å². The van der Waals surface area contributed by atoms with E-state index < -0.39 is 28.0 Å². The summed E-state index contributed by atoms with van der Waals surface area (Å²) in [5.41, 5.74) is 0.436. The van der Waals surface area contributed by atoms with Gasteiger partial charge in [-0.3, -0.25) is 14.4 Å². The Hall–Kier alpha value is -2.46. The summed E-state index contributed by atoms with van der Waals surface area (Å²) in [6, 6.07) is 4.21. The Morgan fingerprint density at radius 3 is 2.15 bits per heavy atom. The van der Waals surface area contributed by atoms with Crippen molar-refractivity contribution in [3.63, 3.8) is 0 Å². The minimum absolute atomic E-state index is 0.0713. The number of hydrogen-bond acceptors (Lipinski definition) is 7. The van der Waals surface area contributed by atoms with E-state index in [0.29, 0.717) is 5.69 Å². The molecule has 0 aliphatic rings. The van der Waals surface area contributed by atoms with Crippen LogP contribution in [0.2, 0.25) is 0 Å². The zero-order chi connectivity index (χ0) is 20.4. The van der Waals surface area contributed by atoms with Crippen LogP contribution in [0.3, 0.4) is 0 Å². The molecule has 9 nitrogen and oxygen atoms in total. The number of carbonyl (C=O) groups excluding carboxylic acids is 3. The van der Waals surface area contributed by atoms with Gasteiger partial charge in [-0.2, -0.15) is 4.72 Å². The Bertz CT molecular complexity index is 760. The molecule has 0 heterocycles. The molecular weight excluding hydrogens is 376 g/mol. The average Bonchev–Trinajstić information content (AvgIpc) is 2.59. The molecule has 1 aromatic carbocycles. The van der Waals surface area contributed by atoms with E-state index in [-0.39, 0.29) is 36.9 Å². The van der Waals surface area contributed by atoms with Gasteiger partial charge in [0.25, 0.3) is 0 Å². The lowest BCUT2D eigenvalue weighted by atomic mass is 10.2. The third kappa shape index (κ3) is 7.75. The van der Waals surface area contributed by atoms with Gasteiger partial charge in [-0.05, 0) is 44.5 Å². The highest BCUT2D eigenvalue weighted by Gasteiger charge is 2.27. The molecule has 150 valence electrons. The fraction of sp³-hybridized carbons (Fsp3) is 0.471. The summed E-state index contributed by atoms with van der Waals surface area (Å²) in [6.07, 6.45) is -0.234. The maximum Gasteiger partial charge on any atom is 0.324 e. The number of sulfonamides is 1. The van der Waals surface area contributed by atoms with E-state index in [4.69, 9.17) is 9.47 Å². The van der Waals surface area contributed by atoms with Crippen molar-refractivity contribution in [1.29, 1.82) is 0 Å². The first-order valence-corrected chi connectivity index (χ1v) is 9.90. The molecule has 0 saturated carbocycles. The molecule has 27 heavy (non-hydrogen) atoms. The Balaban J connectivity index is 2.91. The van der Waals surface area contributed by atoms with E-state index in [2.05, 4.69) is 10.0 Å². The molecular formula is C17H24N2O7S. The van der Waals surface area contributed by atoms with Gasteiger partial charge in [-0.25, -0.2) is 8.42 Å². The van der Waals surface area contributed by atoms with Crippen LogP contribution in [0.4, 0.5) is 5.69 Å². The second kappa shape index (κ2) is 10.6. The topological polar surface area (TPSA) is 128 Å². The van der Waals surface area contributed by atoms with E-state index in [0.717, 1.165) is 0 Å². The quantitative estimate of drug-likeness (QED) is 0.565. The Morgan fingerprint density at radius 1 is 1.04 bits per heavy atom. The van der Waals surface area contributed by atoms with Gasteiger partial charge in [-0.15, -0.1) is 0 Å². The lowest BCUT2D eigenvalue weighted by Gasteiger charge is -2.17. The first-order valence-electron chi connectivity index (χ1n) is 8.41. The molecule has 0 spiro atoms. The van der Waals surface area contributed by atoms with Crippen LogP contribution in [-0.4, -0.2) is 45.5 Å². The highest BCUT2D eigenvalue weighted by atomic mass is 32.2. The van der Waals surface area contributed by atoms with E-state index in [1.807, 2.05) is 0 Å². The van der Waals surface area contributed by atoms with Crippen LogP contribution in [0.5, 0.6) is 0 Å². The Morgan fingerprint density at radius 2 is 1.63 bits per heavy atom. The summed E-state index contributed by atoms with van der Waals surface area (Å²) in [5, 5.41) is 2.52. The van der Waals surface area contributed by atoms with Crippen molar-refractivity contribution in [2.75, 3.05) is 18.5 Å². The van der Waals surface area contributed by atoms with Gasteiger partial charge in [0.05, 0.1) is 18.1 Å². The number of benzene rings is 1. The predicted molar refractivity (Wildman–Crippen MR) is 97.4 cm³/mol. The van der Waals surface area contributed by atoms with Crippen molar-refractivity contribution in [2.24, 2.45) is 0 Å². The van der Waals surface area contributed by atoms with Crippen molar-refractivity contribution in [1.82, 2.24) is 4.72 Å². The molecule has 1 atom stereocenters. The fourth-order valence-corrected chi connectivity index (χ4v) is 3.36. The third-order valence-electron chi connectivity index (χ3n) is 3.30. The summed E-state index contributed by atoms with van der Waals surface area (Å²) in [4.78, 5) is 34.5. The van der Waals surface area contributed by atoms with Gasteiger partial charge in [0, 0.05) is 19.0 Å². The maximum atomic E-state index is 12.5. The smallest absolute Gasteiger partial charge is 0.324 e. The molecule has 1 aromatic rings. The molecule has 0 saturated heterocycles. The molecule has 0 aromatic heterocycles. The summed E-state index contributed by atoms with van der Waals surface area (Å²) in [7, 11) is -4.04. The van der Waals surface area contributed by atoms with E-state index in [1.165, 1.54) is 31.2 Å². The van der Waals surface area contributed by atoms with Gasteiger partial charge in [-0.1, -0.05) is 0 Å². The SMILES string of the molecule is CCOC(=O)CC[C@H](NS(=O)(=O)c1ccc(NC(C)=O)cc1)C(=O)OCC. The van der Waals surface area contributed by atoms with Crippen LogP contribution in [-0.2, 0) is 33.9 Å². The van der Waals surface area contributed by atoms with Crippen LogP contribution in [0.15, 0.2) is 29.2 Å². The summed E-state index contributed by atoms with van der Waals surface area (Å²) < 4.78 is 37.0. The van der Waals surface area contributed by atoms with Gasteiger partial charge in [0.15, 0.2) is 0 Å². The van der Waals surface area contributed by atoms with E-state index in [1.54, 1.807) is 13.8 Å². The second-order valence-corrected chi connectivity index (χ2v) is 7.19. The van der Waals surface area contributed by atoms with Crippen molar-refractivity contribution >= 4 is 33.6 Å². The maximum absolute atomic E-state index is 12.5. The summed E-state index contributed by atoms with van der Waals surface area (Å²) >= 11 is 0. The van der Waals surface area contributed by atoms with Gasteiger partial charge < -0.3 is 14.8 Å². The zero-order valence-corrected chi connectivity index (χ0v) is 16.3. The number of amides is 1. The average molecular weight is 400 g/mol. The molecule has 1 amide bonds. The normalized spacial score (nSPS) is 12.1. The monoisotopic (exact) mass is 400 g/mol. The number of anilines is 1. The van der Waals surface area contributed by atoms with Crippen LogP contribution in [0.1, 0.15) is 33.6 Å². The van der Waals surface area contributed by atoms with Gasteiger partial charge in [0.1, 0.15) is 6.04 Å². The van der Waals surface area contributed by atoms with Crippen LogP contribution in [0.25, 0.3) is 0 Å². The number of esters is 2. The highest BCUT2D eigenvalue weighted by Crippen LogP contribution is 2.15. The molecule has 0 unspecified atom stereocenters.